The first-order valence-corrected chi connectivity index (χ1v) is 7.96. The van der Waals surface area contributed by atoms with Crippen LogP contribution >= 0.6 is 0 Å². The van der Waals surface area contributed by atoms with E-state index in [2.05, 4.69) is 57.9 Å². The van der Waals surface area contributed by atoms with E-state index in [-0.39, 0.29) is 16.7 Å². The van der Waals surface area contributed by atoms with E-state index in [9.17, 15) is 4.79 Å². The van der Waals surface area contributed by atoms with Crippen molar-refractivity contribution in [2.24, 2.45) is 0 Å². The maximum absolute atomic E-state index is 12.6. The summed E-state index contributed by atoms with van der Waals surface area (Å²) >= 11 is 0. The Hall–Kier alpha value is -2.16. The van der Waals surface area contributed by atoms with Crippen LogP contribution in [0.4, 0.5) is 5.82 Å². The van der Waals surface area contributed by atoms with Gasteiger partial charge in [0.25, 0.3) is 5.91 Å². The first-order chi connectivity index (χ1) is 10.6. The van der Waals surface area contributed by atoms with E-state index in [1.165, 1.54) is 0 Å². The number of amides is 1. The summed E-state index contributed by atoms with van der Waals surface area (Å²) in [4.78, 5) is 16.8. The minimum Gasteiger partial charge on any atom is -0.307 e. The fourth-order valence-electron chi connectivity index (χ4n) is 2.25. The second-order valence-corrected chi connectivity index (χ2v) is 7.97. The summed E-state index contributed by atoms with van der Waals surface area (Å²) in [5.74, 6) is 0.441. The molecule has 23 heavy (non-hydrogen) atoms. The molecule has 0 aliphatic carbocycles. The number of carbonyl (C=O) groups is 1. The normalized spacial score (nSPS) is 12.1. The molecule has 0 bridgehead atoms. The van der Waals surface area contributed by atoms with E-state index in [0.717, 1.165) is 11.1 Å². The summed E-state index contributed by atoms with van der Waals surface area (Å²) in [5.41, 5.74) is 2.97. The molecule has 0 spiro atoms. The molecule has 2 aromatic rings. The standard InChI is InChI=1S/C20H26N2O/c1-19(2,3)15-11-14(12-16(13-15)20(4,5)6)18(23)22-17-9-7-8-10-21-17/h7-13H,1-6H3,(H,21,22,23). The van der Waals surface area contributed by atoms with Crippen LogP contribution in [0.25, 0.3) is 0 Å². The molecular formula is C20H26N2O. The number of rotatable bonds is 2. The first kappa shape index (κ1) is 17.2. The summed E-state index contributed by atoms with van der Waals surface area (Å²) in [6, 6.07) is 11.6. The second-order valence-electron chi connectivity index (χ2n) is 7.97. The third kappa shape index (κ3) is 4.41. The Morgan fingerprint density at radius 2 is 1.48 bits per heavy atom. The van der Waals surface area contributed by atoms with Crippen molar-refractivity contribution in [3.63, 3.8) is 0 Å². The number of pyridine rings is 1. The largest absolute Gasteiger partial charge is 0.307 e. The fraction of sp³-hybridized carbons (Fsp3) is 0.400. The van der Waals surface area contributed by atoms with Gasteiger partial charge in [0.15, 0.2) is 0 Å². The number of nitrogens with zero attached hydrogens (tertiary/aromatic N) is 1. The van der Waals surface area contributed by atoms with Crippen LogP contribution in [0.3, 0.4) is 0 Å². The molecule has 122 valence electrons. The maximum atomic E-state index is 12.6. The van der Waals surface area contributed by atoms with E-state index in [1.807, 2.05) is 24.3 Å². The minimum atomic E-state index is -0.125. The minimum absolute atomic E-state index is 0.0126. The van der Waals surface area contributed by atoms with Crippen LogP contribution in [0.15, 0.2) is 42.6 Å². The van der Waals surface area contributed by atoms with E-state index in [4.69, 9.17) is 0 Å². The van der Waals surface area contributed by atoms with Crippen molar-refractivity contribution < 1.29 is 4.79 Å². The topological polar surface area (TPSA) is 42.0 Å². The molecule has 0 aliphatic heterocycles. The molecule has 0 fully saturated rings. The maximum Gasteiger partial charge on any atom is 0.256 e. The van der Waals surface area contributed by atoms with Crippen LogP contribution < -0.4 is 5.32 Å². The zero-order valence-electron chi connectivity index (χ0n) is 14.9. The third-order valence-electron chi connectivity index (χ3n) is 3.83. The first-order valence-electron chi connectivity index (χ1n) is 7.96. The monoisotopic (exact) mass is 310 g/mol. The molecule has 0 saturated carbocycles. The Morgan fingerprint density at radius 3 is 1.91 bits per heavy atom. The predicted octanol–water partition coefficient (Wildman–Crippen LogP) is 4.93. The van der Waals surface area contributed by atoms with Crippen LogP contribution in [0.5, 0.6) is 0 Å². The van der Waals surface area contributed by atoms with E-state index < -0.39 is 0 Å². The molecule has 0 unspecified atom stereocenters. The molecule has 1 amide bonds. The fourth-order valence-corrected chi connectivity index (χ4v) is 2.25. The molecule has 1 heterocycles. The number of benzene rings is 1. The van der Waals surface area contributed by atoms with Crippen molar-refractivity contribution in [1.29, 1.82) is 0 Å². The van der Waals surface area contributed by atoms with Gasteiger partial charge in [-0.25, -0.2) is 4.98 Å². The lowest BCUT2D eigenvalue weighted by atomic mass is 9.79. The molecule has 1 N–H and O–H groups in total. The van der Waals surface area contributed by atoms with Gasteiger partial charge < -0.3 is 5.32 Å². The van der Waals surface area contributed by atoms with Crippen molar-refractivity contribution in [3.05, 3.63) is 59.3 Å². The van der Waals surface area contributed by atoms with E-state index in [1.54, 1.807) is 12.3 Å². The number of anilines is 1. The van der Waals surface area contributed by atoms with Crippen LogP contribution in [0.1, 0.15) is 63.0 Å². The lowest BCUT2D eigenvalue weighted by Gasteiger charge is -2.26. The van der Waals surface area contributed by atoms with Crippen LogP contribution in [0, 0.1) is 0 Å². The van der Waals surface area contributed by atoms with Gasteiger partial charge in [0.2, 0.25) is 0 Å². The zero-order valence-corrected chi connectivity index (χ0v) is 14.9. The number of aromatic nitrogens is 1. The molecule has 0 saturated heterocycles. The van der Waals surface area contributed by atoms with Crippen molar-refractivity contribution in [3.8, 4) is 0 Å². The summed E-state index contributed by atoms with van der Waals surface area (Å²) in [5, 5.41) is 2.87. The molecular weight excluding hydrogens is 284 g/mol. The van der Waals surface area contributed by atoms with Gasteiger partial charge in [-0.3, -0.25) is 4.79 Å². The van der Waals surface area contributed by atoms with Gasteiger partial charge in [-0.2, -0.15) is 0 Å². The summed E-state index contributed by atoms with van der Waals surface area (Å²) in [6.45, 7) is 13.0. The number of nitrogens with one attached hydrogen (secondary N) is 1. The van der Waals surface area contributed by atoms with E-state index >= 15 is 0 Å². The van der Waals surface area contributed by atoms with Gasteiger partial charge in [0.1, 0.15) is 5.82 Å². The smallest absolute Gasteiger partial charge is 0.256 e. The highest BCUT2D eigenvalue weighted by molar-refractivity contribution is 6.04. The second kappa shape index (κ2) is 6.15. The van der Waals surface area contributed by atoms with Crippen LogP contribution in [-0.2, 0) is 10.8 Å². The van der Waals surface area contributed by atoms with Gasteiger partial charge in [0, 0.05) is 11.8 Å². The quantitative estimate of drug-likeness (QED) is 0.854. The third-order valence-corrected chi connectivity index (χ3v) is 3.83. The van der Waals surface area contributed by atoms with Gasteiger partial charge >= 0.3 is 0 Å². The van der Waals surface area contributed by atoms with Crippen molar-refractivity contribution >= 4 is 11.7 Å². The Bertz CT molecular complexity index is 660. The van der Waals surface area contributed by atoms with Crippen molar-refractivity contribution in [2.75, 3.05) is 5.32 Å². The lowest BCUT2D eigenvalue weighted by Crippen LogP contribution is -2.20. The number of carbonyl (C=O) groups excluding carboxylic acids is 1. The van der Waals surface area contributed by atoms with Gasteiger partial charge in [-0.1, -0.05) is 53.7 Å². The Labute approximate surface area is 139 Å². The molecule has 1 aromatic heterocycles. The summed E-state index contributed by atoms with van der Waals surface area (Å²) < 4.78 is 0. The Balaban J connectivity index is 2.43. The summed E-state index contributed by atoms with van der Waals surface area (Å²) in [6.07, 6.45) is 1.67. The average Bonchev–Trinajstić information content (AvgIpc) is 2.46. The predicted molar refractivity (Wildman–Crippen MR) is 96.0 cm³/mol. The molecule has 1 aromatic carbocycles. The average molecular weight is 310 g/mol. The van der Waals surface area contributed by atoms with Crippen LogP contribution in [-0.4, -0.2) is 10.9 Å². The highest BCUT2D eigenvalue weighted by atomic mass is 16.1. The zero-order chi connectivity index (χ0) is 17.3. The van der Waals surface area contributed by atoms with E-state index in [0.29, 0.717) is 11.4 Å². The molecule has 0 aliphatic rings. The van der Waals surface area contributed by atoms with Gasteiger partial charge in [-0.15, -0.1) is 0 Å². The van der Waals surface area contributed by atoms with Crippen molar-refractivity contribution in [1.82, 2.24) is 4.98 Å². The van der Waals surface area contributed by atoms with Gasteiger partial charge in [0.05, 0.1) is 0 Å². The number of hydrogen-bond donors (Lipinski definition) is 1. The summed E-state index contributed by atoms with van der Waals surface area (Å²) in [7, 11) is 0. The molecule has 2 rings (SSSR count). The molecule has 0 radical (unpaired) electrons. The SMILES string of the molecule is CC(C)(C)c1cc(C(=O)Nc2ccccn2)cc(C(C)(C)C)c1. The highest BCUT2D eigenvalue weighted by Crippen LogP contribution is 2.30. The molecule has 3 heteroatoms. The Kier molecular flexibility index (Phi) is 4.60. The molecule has 0 atom stereocenters. The van der Waals surface area contributed by atoms with Crippen LogP contribution in [0.2, 0.25) is 0 Å². The molecule has 3 nitrogen and oxygen atoms in total. The highest BCUT2D eigenvalue weighted by Gasteiger charge is 2.22. The van der Waals surface area contributed by atoms with Crippen molar-refractivity contribution in [2.45, 2.75) is 52.4 Å². The number of hydrogen-bond acceptors (Lipinski definition) is 2. The lowest BCUT2D eigenvalue weighted by molar-refractivity contribution is 0.102. The van der Waals surface area contributed by atoms with Gasteiger partial charge in [-0.05, 0) is 46.2 Å². The Morgan fingerprint density at radius 1 is 0.913 bits per heavy atom.